The molecule has 29 N–H and O–H groups in total. The van der Waals surface area contributed by atoms with E-state index >= 15 is 0 Å². The summed E-state index contributed by atoms with van der Waals surface area (Å²) in [7, 11) is 0. The molecule has 0 spiro atoms. The fourth-order valence-electron chi connectivity index (χ4n) is 14.6. The van der Waals surface area contributed by atoms with E-state index in [-0.39, 0.29) is 115 Å². The van der Waals surface area contributed by atoms with E-state index in [1.165, 1.54) is 63.9 Å². The van der Waals surface area contributed by atoms with E-state index in [1.54, 1.807) is 61.7 Å². The van der Waals surface area contributed by atoms with Crippen LogP contribution in [0.2, 0.25) is 0 Å². The summed E-state index contributed by atoms with van der Waals surface area (Å²) in [5.74, 6) is -14.3. The van der Waals surface area contributed by atoms with Crippen molar-refractivity contribution in [3.05, 3.63) is 96.0 Å². The van der Waals surface area contributed by atoms with E-state index in [1.807, 2.05) is 6.07 Å². The molecule has 5 aromatic rings. The number of aryl methyl sites for hydroxylation is 1. The molecule has 3 aromatic heterocycles. The molecule has 47 nitrogen and oxygen atoms in total. The lowest BCUT2D eigenvalue weighted by Gasteiger charge is -2.28. The van der Waals surface area contributed by atoms with Gasteiger partial charge in [0.2, 0.25) is 94.5 Å². The van der Waals surface area contributed by atoms with Crippen LogP contribution < -0.4 is 103 Å². The van der Waals surface area contributed by atoms with Crippen LogP contribution in [0, 0.1) is 5.41 Å². The van der Waals surface area contributed by atoms with Gasteiger partial charge in [0.15, 0.2) is 5.96 Å². The summed E-state index contributed by atoms with van der Waals surface area (Å²) >= 11 is 0. The molecular weight excluding hydrogens is 1760 g/mol. The van der Waals surface area contributed by atoms with Gasteiger partial charge in [-0.05, 0) is 91.8 Å². The van der Waals surface area contributed by atoms with Gasteiger partial charge in [0, 0.05) is 94.4 Å². The number of hydrogen-bond acceptors (Lipinski definition) is 26. The minimum Gasteiger partial charge on any atom is -0.394 e. The van der Waals surface area contributed by atoms with Crippen molar-refractivity contribution < 1.29 is 96.4 Å². The minimum atomic E-state index is -1.92. The van der Waals surface area contributed by atoms with Crippen LogP contribution in [0.3, 0.4) is 0 Å². The Kier molecular flexibility index (Phi) is 51.7. The van der Waals surface area contributed by atoms with Crippen LogP contribution in [0.15, 0.2) is 73.3 Å². The molecule has 47 heteroatoms. The molecule has 0 saturated carbocycles. The van der Waals surface area contributed by atoms with Crippen LogP contribution in [-0.2, 0) is 112 Å². The van der Waals surface area contributed by atoms with E-state index in [9.17, 15) is 86.9 Å². The average molecular weight is 1890 g/mol. The quantitative estimate of drug-likeness (QED) is 0.0100. The number of amides is 16. The molecule has 1 fully saturated rings. The molecule has 11 atom stereocenters. The van der Waals surface area contributed by atoms with E-state index in [2.05, 4.69) is 115 Å². The first-order valence-corrected chi connectivity index (χ1v) is 46.2. The van der Waals surface area contributed by atoms with Crippen molar-refractivity contribution in [2.45, 2.75) is 266 Å². The number of imidazole rings is 1. The number of aliphatic hydroxyl groups is 2. The Morgan fingerprint density at radius 1 is 0.556 bits per heavy atom. The first kappa shape index (κ1) is 111. The molecule has 135 heavy (non-hydrogen) atoms. The Hall–Kier alpha value is -13.2. The number of H-pyrrole nitrogens is 3. The van der Waals surface area contributed by atoms with Gasteiger partial charge in [-0.15, -0.1) is 5.10 Å². The number of guanidine groups is 1. The molecule has 0 bridgehead atoms. The smallest absolute Gasteiger partial charge is 0.246 e. The van der Waals surface area contributed by atoms with Gasteiger partial charge in [-0.2, -0.15) is 0 Å². The molecule has 1 aliphatic heterocycles. The lowest BCUT2D eigenvalue weighted by molar-refractivity contribution is -0.136. The molecular formula is C88H137N27O20. The SMILES string of the molecule is CCCC[C@H](NC(=O)[C@H](CO)NC(=O)[C@H](Cc1c[nH]cn1)NC(=O)[C@H](CCC(N)=O)NC(=O)[C@H](CO)NC(=O)CNC(=O)COCCOCCNC(=O)CCCCCCCCCCCCCCCc1nnn[nH]1)C(=O)N[C@H]1CCC(=O)NCCCC[C@@H](C(N)=O)NC(=O)[C@H](Cc2c[nH]c3ccccc23)NC(=O)[C@H](CCCNC(=N)N)NC(=O)[C@@H](Cc2ccccc2)NC(=O)[C@H](CN)NC1=O. The Morgan fingerprint density at radius 2 is 1.15 bits per heavy atom. The number of aromatic amines is 3. The highest BCUT2D eigenvalue weighted by Gasteiger charge is 2.38. The Balaban J connectivity index is 1.05. The van der Waals surface area contributed by atoms with Gasteiger partial charge in [0.1, 0.15) is 78.9 Å². The fraction of sp³-hybridized carbons (Fsp3) is 0.602. The molecule has 6 rings (SSSR count). The molecule has 16 amide bonds. The maximum Gasteiger partial charge on any atom is 0.246 e. The molecule has 0 aliphatic carbocycles. The Bertz CT molecular complexity index is 4550. The average Bonchev–Trinajstić information content (AvgIpc) is 1.70. The molecule has 2 aromatic carbocycles. The maximum absolute atomic E-state index is 14.9. The van der Waals surface area contributed by atoms with Crippen LogP contribution in [-0.4, -0.2) is 285 Å². The van der Waals surface area contributed by atoms with E-state index in [0.717, 1.165) is 49.7 Å². The lowest BCUT2D eigenvalue weighted by Crippen LogP contribution is -2.62. The maximum atomic E-state index is 14.9. The highest BCUT2D eigenvalue weighted by Crippen LogP contribution is 2.21. The van der Waals surface area contributed by atoms with Gasteiger partial charge in [-0.25, -0.2) is 10.1 Å². The summed E-state index contributed by atoms with van der Waals surface area (Å²) in [6, 6.07) is -2.30. The third-order valence-electron chi connectivity index (χ3n) is 22.2. The number of nitrogens with two attached hydrogens (primary N) is 4. The van der Waals surface area contributed by atoms with Crippen molar-refractivity contribution >= 4 is 111 Å². The third-order valence-corrected chi connectivity index (χ3v) is 22.2. The van der Waals surface area contributed by atoms with Crippen LogP contribution >= 0.6 is 0 Å². The van der Waals surface area contributed by atoms with Crippen LogP contribution in [0.25, 0.3) is 10.9 Å². The topological polar surface area (TPSA) is 739 Å². The summed E-state index contributed by atoms with van der Waals surface area (Å²) < 4.78 is 10.8. The normalized spacial score (nSPS) is 17.8. The lowest BCUT2D eigenvalue weighted by atomic mass is 10.0. The number of nitrogens with one attached hydrogen (secondary N) is 19. The number of aliphatic hydroxyl groups excluding tert-OH is 2. The second-order valence-corrected chi connectivity index (χ2v) is 33.0. The van der Waals surface area contributed by atoms with E-state index < -0.39 is 220 Å². The van der Waals surface area contributed by atoms with Gasteiger partial charge in [-0.3, -0.25) is 82.1 Å². The largest absolute Gasteiger partial charge is 0.394 e. The zero-order chi connectivity index (χ0) is 98.1. The van der Waals surface area contributed by atoms with E-state index in [4.69, 9.17) is 37.8 Å². The summed E-state index contributed by atoms with van der Waals surface area (Å²) in [4.78, 5) is 232. The van der Waals surface area contributed by atoms with Gasteiger partial charge < -0.3 is 132 Å². The highest BCUT2D eigenvalue weighted by molar-refractivity contribution is 6.00. The number of para-hydroxylation sites is 1. The van der Waals surface area contributed by atoms with Crippen molar-refractivity contribution in [3.63, 3.8) is 0 Å². The number of fused-ring (bicyclic) bond motifs is 1. The van der Waals surface area contributed by atoms with Crippen molar-refractivity contribution in [1.82, 2.24) is 115 Å². The number of aromatic nitrogens is 7. The van der Waals surface area contributed by atoms with Crippen molar-refractivity contribution in [3.8, 4) is 0 Å². The molecule has 4 heterocycles. The summed E-state index contributed by atoms with van der Waals surface area (Å²) in [6.07, 6.45) is 18.4. The second kappa shape index (κ2) is 63.1. The predicted octanol–water partition coefficient (Wildman–Crippen LogP) is -4.04. The van der Waals surface area contributed by atoms with E-state index in [0.29, 0.717) is 29.5 Å². The Morgan fingerprint density at radius 3 is 1.79 bits per heavy atom. The number of primary amides is 2. The number of rotatable bonds is 57. The minimum absolute atomic E-state index is 0.0152. The highest BCUT2D eigenvalue weighted by atomic mass is 16.5. The number of carbonyl (C=O) groups is 16. The molecule has 0 radical (unpaired) electrons. The van der Waals surface area contributed by atoms with Gasteiger partial charge in [0.25, 0.3) is 0 Å². The molecule has 1 saturated heterocycles. The van der Waals surface area contributed by atoms with Crippen molar-refractivity contribution in [1.29, 1.82) is 5.41 Å². The number of tetrazole rings is 1. The van der Waals surface area contributed by atoms with Crippen molar-refractivity contribution in [2.24, 2.45) is 22.9 Å². The fourth-order valence-corrected chi connectivity index (χ4v) is 14.6. The number of ether oxygens (including phenoxy) is 2. The van der Waals surface area contributed by atoms with Gasteiger partial charge in [-0.1, -0.05) is 139 Å². The second-order valence-electron chi connectivity index (χ2n) is 33.0. The number of nitrogens with zero attached hydrogens (tertiary/aromatic N) is 4. The zero-order valence-corrected chi connectivity index (χ0v) is 76.6. The monoisotopic (exact) mass is 1890 g/mol. The van der Waals surface area contributed by atoms with Crippen molar-refractivity contribution in [2.75, 3.05) is 72.4 Å². The number of carbonyl (C=O) groups excluding carboxylic acids is 16. The predicted molar refractivity (Wildman–Crippen MR) is 491 cm³/mol. The van der Waals surface area contributed by atoms with Crippen LogP contribution in [0.4, 0.5) is 0 Å². The van der Waals surface area contributed by atoms with Crippen LogP contribution in [0.5, 0.6) is 0 Å². The van der Waals surface area contributed by atoms with Crippen LogP contribution in [0.1, 0.15) is 197 Å². The van der Waals surface area contributed by atoms with Gasteiger partial charge >= 0.3 is 0 Å². The molecule has 0 unspecified atom stereocenters. The number of benzene rings is 2. The molecule has 1 aliphatic rings. The zero-order valence-electron chi connectivity index (χ0n) is 76.6. The Labute approximate surface area is 782 Å². The van der Waals surface area contributed by atoms with Gasteiger partial charge in [0.05, 0.1) is 51.6 Å². The first-order chi connectivity index (χ1) is 65.1. The summed E-state index contributed by atoms with van der Waals surface area (Å²) in [6.45, 7) is -1.71. The number of unbranched alkanes of at least 4 members (excludes halogenated alkanes) is 13. The summed E-state index contributed by atoms with van der Waals surface area (Å²) in [5, 5.41) is 81.5. The number of hydrogen-bond donors (Lipinski definition) is 25. The summed E-state index contributed by atoms with van der Waals surface area (Å²) in [5.41, 5.74) is 25.1. The third kappa shape index (κ3) is 43.6. The molecule has 744 valence electrons. The first-order valence-electron chi connectivity index (χ1n) is 46.2. The standard InChI is InChI=1S/C88H137N27O20/c1-2-3-28-61(78(124)105-64-35-37-74(120)95-38-23-22-30-60(77(91)123)102-83(129)66(45-56-48-98-59-29-21-20-27-58(56)59)108-79(125)62(31-24-39-97-88(92)93)103-82(128)65(44-55-25-16-15-17-26-55)107-85(131)68(47-89)110-81(64)127)104-87(133)70(52-117)111-84(130)67(46-57-49-94-54-100-57)109-80(126)63(34-36-71(90)118)106-86(132)69(51-116)101-75(121)50-99-76(122)53-135-43-42-134-41-40-96-73(119)33-19-14-12-10-8-6-4-5-7-9-11-13-18-32-72-112-114-115-113-72/h15-17,20-21,25-27,29,48-49,54,60-70,98,116-117H,2-14,18-19,22-24,28,30-47,50-53,89H2,1H3,(H2,90,118)(H2,91,123)(H,94,100)(H,95,120)(H,96,119)(H,99,122)(H,101,121)(H,102,129)(H,103,128)(H,104,133)(H,105,124)(H,106,132)(H,107,131)(H,108,125)(H,109,126)(H,110,127)(H,111,130)(H4,92,93,97)(H,112,113,114,115)/t60-,61-,62-,63-,64-,65+,66-,67-,68-,69-,70-/m0/s1.